The lowest BCUT2D eigenvalue weighted by Crippen LogP contribution is -2.48. The standard InChI is InChI=1S/C25H32N2O5/c1-7-12-27-22(16-13-19(30-4)23(32-6)20(14-16)31-5)21(24(28)26-15(2)3)17-10-8-9-11-18(17)25(27)29/h8-11,13-15,21-22H,7,12H2,1-6H3,(H,26,28)/t21-,22-/m0/s1. The van der Waals surface area contributed by atoms with Crippen LogP contribution in [0.25, 0.3) is 0 Å². The molecule has 1 heterocycles. The zero-order valence-electron chi connectivity index (χ0n) is 19.6. The Balaban J connectivity index is 2.27. The van der Waals surface area contributed by atoms with E-state index in [1.807, 2.05) is 51.1 Å². The fourth-order valence-electron chi connectivity index (χ4n) is 4.38. The van der Waals surface area contributed by atoms with Gasteiger partial charge in [-0.05, 0) is 49.6 Å². The Morgan fingerprint density at radius 3 is 2.22 bits per heavy atom. The van der Waals surface area contributed by atoms with Gasteiger partial charge in [-0.1, -0.05) is 25.1 Å². The number of nitrogens with zero attached hydrogens (tertiary/aromatic N) is 1. The van der Waals surface area contributed by atoms with Crippen molar-refractivity contribution >= 4 is 11.8 Å². The lowest BCUT2D eigenvalue weighted by molar-refractivity contribution is -0.124. The van der Waals surface area contributed by atoms with Crippen LogP contribution in [0.3, 0.4) is 0 Å². The Morgan fingerprint density at radius 2 is 1.69 bits per heavy atom. The minimum absolute atomic E-state index is 0.0347. The van der Waals surface area contributed by atoms with Gasteiger partial charge in [0.1, 0.15) is 0 Å². The Morgan fingerprint density at radius 1 is 1.06 bits per heavy atom. The first kappa shape index (κ1) is 23.4. The molecule has 2 atom stereocenters. The molecule has 1 aliphatic rings. The molecule has 0 saturated carbocycles. The van der Waals surface area contributed by atoms with Gasteiger partial charge in [-0.25, -0.2) is 0 Å². The predicted octanol–water partition coefficient (Wildman–Crippen LogP) is 3.93. The van der Waals surface area contributed by atoms with Crippen molar-refractivity contribution < 1.29 is 23.8 Å². The SMILES string of the molecule is CCCN1C(=O)c2ccccc2[C@H](C(=O)NC(C)C)[C@@H]1c1cc(OC)c(OC)c(OC)c1. The van der Waals surface area contributed by atoms with Crippen molar-refractivity contribution in [2.24, 2.45) is 0 Å². The highest BCUT2D eigenvalue weighted by atomic mass is 16.5. The maximum Gasteiger partial charge on any atom is 0.254 e. The Kier molecular flexibility index (Phi) is 7.28. The zero-order chi connectivity index (χ0) is 23.4. The van der Waals surface area contributed by atoms with Crippen LogP contribution in [0, 0.1) is 0 Å². The van der Waals surface area contributed by atoms with Gasteiger partial charge < -0.3 is 24.4 Å². The van der Waals surface area contributed by atoms with Crippen molar-refractivity contribution in [1.82, 2.24) is 10.2 Å². The predicted molar refractivity (Wildman–Crippen MR) is 123 cm³/mol. The van der Waals surface area contributed by atoms with E-state index < -0.39 is 12.0 Å². The van der Waals surface area contributed by atoms with Gasteiger partial charge in [-0.3, -0.25) is 9.59 Å². The molecule has 0 fully saturated rings. The number of methoxy groups -OCH3 is 3. The van der Waals surface area contributed by atoms with Crippen LogP contribution in [0.1, 0.15) is 60.6 Å². The third-order valence-corrected chi connectivity index (χ3v) is 5.65. The van der Waals surface area contributed by atoms with Crippen molar-refractivity contribution in [2.75, 3.05) is 27.9 Å². The fourth-order valence-corrected chi connectivity index (χ4v) is 4.38. The van der Waals surface area contributed by atoms with Crippen LogP contribution < -0.4 is 19.5 Å². The molecule has 0 spiro atoms. The summed E-state index contributed by atoms with van der Waals surface area (Å²) in [6, 6.07) is 10.4. The number of rotatable bonds is 8. The summed E-state index contributed by atoms with van der Waals surface area (Å²) in [6.07, 6.45) is 0.757. The molecular formula is C25H32N2O5. The van der Waals surface area contributed by atoms with Gasteiger partial charge in [0.15, 0.2) is 11.5 Å². The third-order valence-electron chi connectivity index (χ3n) is 5.65. The number of nitrogens with one attached hydrogen (secondary N) is 1. The molecule has 1 N–H and O–H groups in total. The van der Waals surface area contributed by atoms with Crippen LogP contribution in [0.4, 0.5) is 0 Å². The van der Waals surface area contributed by atoms with Crippen molar-refractivity contribution in [3.05, 3.63) is 53.1 Å². The van der Waals surface area contributed by atoms with E-state index in [-0.39, 0.29) is 17.9 Å². The molecule has 7 heteroatoms. The summed E-state index contributed by atoms with van der Waals surface area (Å²) in [7, 11) is 4.65. The van der Waals surface area contributed by atoms with Crippen molar-refractivity contribution in [2.45, 2.75) is 45.2 Å². The van der Waals surface area contributed by atoms with E-state index in [1.165, 1.54) is 0 Å². The second-order valence-corrected chi connectivity index (χ2v) is 8.13. The van der Waals surface area contributed by atoms with E-state index >= 15 is 0 Å². The maximum absolute atomic E-state index is 13.5. The minimum atomic E-state index is -0.583. The molecule has 0 unspecified atom stereocenters. The van der Waals surface area contributed by atoms with Gasteiger partial charge in [0.25, 0.3) is 5.91 Å². The molecule has 32 heavy (non-hydrogen) atoms. The van der Waals surface area contributed by atoms with E-state index in [9.17, 15) is 9.59 Å². The molecule has 2 aromatic carbocycles. The number of hydrogen-bond donors (Lipinski definition) is 1. The van der Waals surface area contributed by atoms with E-state index in [0.29, 0.717) is 29.4 Å². The number of benzene rings is 2. The lowest BCUT2D eigenvalue weighted by Gasteiger charge is -2.42. The number of carbonyl (C=O) groups excluding carboxylic acids is 2. The van der Waals surface area contributed by atoms with Crippen LogP contribution in [0.2, 0.25) is 0 Å². The summed E-state index contributed by atoms with van der Waals surface area (Å²) >= 11 is 0. The molecule has 3 rings (SSSR count). The van der Waals surface area contributed by atoms with E-state index in [0.717, 1.165) is 17.5 Å². The average Bonchev–Trinajstić information content (AvgIpc) is 2.79. The molecule has 2 amide bonds. The van der Waals surface area contributed by atoms with Gasteiger partial charge in [0, 0.05) is 18.2 Å². The van der Waals surface area contributed by atoms with Crippen LogP contribution in [0.15, 0.2) is 36.4 Å². The minimum Gasteiger partial charge on any atom is -0.493 e. The largest absolute Gasteiger partial charge is 0.493 e. The van der Waals surface area contributed by atoms with Crippen LogP contribution in [-0.2, 0) is 4.79 Å². The summed E-state index contributed by atoms with van der Waals surface area (Å²) in [5.41, 5.74) is 2.04. The Bertz CT molecular complexity index is 963. The Hall–Kier alpha value is -3.22. The smallest absolute Gasteiger partial charge is 0.254 e. The van der Waals surface area contributed by atoms with Gasteiger partial charge in [-0.15, -0.1) is 0 Å². The lowest BCUT2D eigenvalue weighted by atomic mass is 9.78. The number of fused-ring (bicyclic) bond motifs is 1. The van der Waals surface area contributed by atoms with E-state index in [2.05, 4.69) is 5.32 Å². The summed E-state index contributed by atoms with van der Waals surface area (Å²) in [5.74, 6) is 0.627. The first-order valence-electron chi connectivity index (χ1n) is 10.9. The maximum atomic E-state index is 13.5. The third kappa shape index (κ3) is 4.24. The molecule has 7 nitrogen and oxygen atoms in total. The quantitative estimate of drug-likeness (QED) is 0.673. The molecule has 2 aromatic rings. The number of ether oxygens (including phenoxy) is 3. The molecule has 0 aromatic heterocycles. The monoisotopic (exact) mass is 440 g/mol. The molecule has 0 aliphatic carbocycles. The first-order valence-corrected chi connectivity index (χ1v) is 10.9. The molecule has 1 aliphatic heterocycles. The fraction of sp³-hybridized carbons (Fsp3) is 0.440. The number of amides is 2. The second kappa shape index (κ2) is 9.94. The van der Waals surface area contributed by atoms with Crippen LogP contribution >= 0.6 is 0 Å². The van der Waals surface area contributed by atoms with E-state index in [4.69, 9.17) is 14.2 Å². The summed E-state index contributed by atoms with van der Waals surface area (Å²) in [5, 5.41) is 3.05. The van der Waals surface area contributed by atoms with Gasteiger partial charge >= 0.3 is 0 Å². The van der Waals surface area contributed by atoms with Crippen LogP contribution in [-0.4, -0.2) is 50.6 Å². The van der Waals surface area contributed by atoms with Gasteiger partial charge in [-0.2, -0.15) is 0 Å². The summed E-state index contributed by atoms with van der Waals surface area (Å²) < 4.78 is 16.6. The second-order valence-electron chi connectivity index (χ2n) is 8.13. The highest BCUT2D eigenvalue weighted by Crippen LogP contribution is 2.47. The summed E-state index contributed by atoms with van der Waals surface area (Å²) in [4.78, 5) is 28.8. The zero-order valence-corrected chi connectivity index (χ0v) is 19.6. The molecular weight excluding hydrogens is 408 g/mol. The molecule has 0 saturated heterocycles. The topological polar surface area (TPSA) is 77.1 Å². The molecule has 0 bridgehead atoms. The van der Waals surface area contributed by atoms with Crippen molar-refractivity contribution in [1.29, 1.82) is 0 Å². The molecule has 172 valence electrons. The number of carbonyl (C=O) groups is 2. The molecule has 0 radical (unpaired) electrons. The van der Waals surface area contributed by atoms with Crippen molar-refractivity contribution in [3.63, 3.8) is 0 Å². The Labute approximate surface area is 189 Å². The van der Waals surface area contributed by atoms with Gasteiger partial charge in [0.2, 0.25) is 11.7 Å². The van der Waals surface area contributed by atoms with Crippen molar-refractivity contribution in [3.8, 4) is 17.2 Å². The first-order chi connectivity index (χ1) is 15.4. The normalized spacial score (nSPS) is 17.7. The number of hydrogen-bond acceptors (Lipinski definition) is 5. The van der Waals surface area contributed by atoms with Gasteiger partial charge in [0.05, 0.1) is 33.3 Å². The average molecular weight is 441 g/mol. The van der Waals surface area contributed by atoms with Crippen LogP contribution in [0.5, 0.6) is 17.2 Å². The highest BCUT2D eigenvalue weighted by molar-refractivity contribution is 6.01. The van der Waals surface area contributed by atoms with E-state index in [1.54, 1.807) is 32.3 Å². The highest BCUT2D eigenvalue weighted by Gasteiger charge is 2.44. The summed E-state index contributed by atoms with van der Waals surface area (Å²) in [6.45, 7) is 6.38.